The molecule has 2 aromatic carbocycles. The second-order valence-electron chi connectivity index (χ2n) is 8.68. The molecule has 2 atom stereocenters. The zero-order valence-electron chi connectivity index (χ0n) is 18.6. The third kappa shape index (κ3) is 5.49. The van der Waals surface area contributed by atoms with Crippen molar-refractivity contribution < 1.29 is 45.4 Å². The van der Waals surface area contributed by atoms with E-state index in [-0.39, 0.29) is 29.0 Å². The molecule has 0 fully saturated rings. The molecule has 2 N–H and O–H groups in total. The second kappa shape index (κ2) is 9.01. The van der Waals surface area contributed by atoms with E-state index in [0.717, 1.165) is 24.3 Å². The minimum atomic E-state index is -5.88. The summed E-state index contributed by atoms with van der Waals surface area (Å²) in [4.78, 5) is 11.1. The Labute approximate surface area is 198 Å². The van der Waals surface area contributed by atoms with Gasteiger partial charge in [0.05, 0.1) is 28.7 Å². The number of fused-ring (bicyclic) bond motifs is 1. The summed E-state index contributed by atoms with van der Waals surface area (Å²) in [5.41, 5.74) is -7.57. The van der Waals surface area contributed by atoms with Crippen molar-refractivity contribution in [1.29, 1.82) is 5.26 Å². The molecule has 0 spiro atoms. The minimum absolute atomic E-state index is 0.114. The molecule has 35 heavy (non-hydrogen) atoms. The van der Waals surface area contributed by atoms with Crippen LogP contribution in [0.3, 0.4) is 0 Å². The number of hydrogen-bond acceptors (Lipinski definition) is 7. The van der Waals surface area contributed by atoms with E-state index >= 15 is 0 Å². The second-order valence-corrected chi connectivity index (χ2v) is 10.6. The predicted molar refractivity (Wildman–Crippen MR) is 113 cm³/mol. The summed E-state index contributed by atoms with van der Waals surface area (Å²) in [7, 11) is -5.88. The maximum Gasteiger partial charge on any atom is 0.501 e. The monoisotopic (exact) mass is 516 g/mol. The Hall–Kier alpha value is -3.37. The van der Waals surface area contributed by atoms with Gasteiger partial charge < -0.3 is 19.9 Å². The van der Waals surface area contributed by atoms with E-state index in [1.54, 1.807) is 26.8 Å². The van der Waals surface area contributed by atoms with Gasteiger partial charge in [-0.25, -0.2) is 17.6 Å². The van der Waals surface area contributed by atoms with E-state index in [1.165, 1.54) is 0 Å². The van der Waals surface area contributed by atoms with Crippen LogP contribution in [-0.2, 0) is 14.6 Å². The van der Waals surface area contributed by atoms with Crippen LogP contribution in [0.1, 0.15) is 56.0 Å². The molecule has 188 valence electrons. The summed E-state index contributed by atoms with van der Waals surface area (Å²) in [5, 5.41) is 22.0. The third-order valence-electron chi connectivity index (χ3n) is 4.86. The highest BCUT2D eigenvalue weighted by Gasteiger charge is 2.50. The maximum atomic E-state index is 13.9. The standard InChI is InChI=1S/C22H20F4N2O6S/c1-21(2,3)34-20(30)28-14-9-15(29)19-17(35(31,32)22(24,25)26)5-4-16(18(14)19)33-13-7-11(10-27)6-12(23)8-13/h4-8,14-15,29H,9H2,1-3H3,(H,28,30)/t14-,15?/m0/s1. The van der Waals surface area contributed by atoms with Crippen LogP contribution in [0.15, 0.2) is 35.2 Å². The number of sulfone groups is 1. The summed E-state index contributed by atoms with van der Waals surface area (Å²) in [5.74, 6) is -1.31. The van der Waals surface area contributed by atoms with Crippen molar-refractivity contribution in [1.82, 2.24) is 5.32 Å². The number of carbonyl (C=O) groups excluding carboxylic acids is 1. The number of nitrogens with one attached hydrogen (secondary N) is 1. The lowest BCUT2D eigenvalue weighted by Gasteiger charge is -2.23. The molecule has 1 unspecified atom stereocenters. The lowest BCUT2D eigenvalue weighted by atomic mass is 10.1. The number of alkyl carbamates (subject to hydrolysis) is 1. The number of halogens is 4. The van der Waals surface area contributed by atoms with Gasteiger partial charge in [0, 0.05) is 23.6 Å². The van der Waals surface area contributed by atoms with Gasteiger partial charge >= 0.3 is 11.6 Å². The quantitative estimate of drug-likeness (QED) is 0.560. The van der Waals surface area contributed by atoms with Gasteiger partial charge in [-0.05, 0) is 45.0 Å². The van der Waals surface area contributed by atoms with Gasteiger partial charge in [0.15, 0.2) is 0 Å². The summed E-state index contributed by atoms with van der Waals surface area (Å²) >= 11 is 0. The summed E-state index contributed by atoms with van der Waals surface area (Å²) in [6.07, 6.45) is -3.08. The first-order valence-corrected chi connectivity index (χ1v) is 11.6. The van der Waals surface area contributed by atoms with Crippen LogP contribution in [0.4, 0.5) is 22.4 Å². The molecular formula is C22H20F4N2O6S. The van der Waals surface area contributed by atoms with Gasteiger partial charge in [-0.15, -0.1) is 0 Å². The Kier molecular flexibility index (Phi) is 6.75. The smallest absolute Gasteiger partial charge is 0.457 e. The Bertz CT molecular complexity index is 1310. The fourth-order valence-electron chi connectivity index (χ4n) is 3.60. The molecule has 0 saturated carbocycles. The van der Waals surface area contributed by atoms with E-state index in [9.17, 15) is 35.9 Å². The molecule has 0 aliphatic heterocycles. The van der Waals surface area contributed by atoms with E-state index in [0.29, 0.717) is 6.07 Å². The highest BCUT2D eigenvalue weighted by molar-refractivity contribution is 7.92. The average Bonchev–Trinajstić information content (AvgIpc) is 3.01. The van der Waals surface area contributed by atoms with Crippen molar-refractivity contribution in [3.63, 3.8) is 0 Å². The van der Waals surface area contributed by atoms with Gasteiger partial charge in [-0.1, -0.05) is 0 Å². The van der Waals surface area contributed by atoms with Crippen molar-refractivity contribution in [2.45, 2.75) is 55.3 Å². The number of ether oxygens (including phenoxy) is 2. The van der Waals surface area contributed by atoms with Crippen LogP contribution < -0.4 is 10.1 Å². The molecule has 0 saturated heterocycles. The number of nitriles is 1. The molecule has 8 nitrogen and oxygen atoms in total. The third-order valence-corrected chi connectivity index (χ3v) is 6.41. The number of aliphatic hydroxyl groups is 1. The molecule has 1 aliphatic carbocycles. The van der Waals surface area contributed by atoms with E-state index < -0.39 is 55.5 Å². The highest BCUT2D eigenvalue weighted by Crippen LogP contribution is 2.49. The first kappa shape index (κ1) is 26.2. The SMILES string of the molecule is CC(C)(C)OC(=O)N[C@H]1CC(O)c2c(S(=O)(=O)C(F)(F)F)ccc(Oc3cc(F)cc(C#N)c3)c21. The largest absolute Gasteiger partial charge is 0.501 e. The molecule has 0 aromatic heterocycles. The van der Waals surface area contributed by atoms with Crippen molar-refractivity contribution in [2.24, 2.45) is 0 Å². The molecule has 0 bridgehead atoms. The van der Waals surface area contributed by atoms with Crippen molar-refractivity contribution in [3.8, 4) is 17.6 Å². The fourth-order valence-corrected chi connectivity index (χ4v) is 4.63. The summed E-state index contributed by atoms with van der Waals surface area (Å²) in [6, 6.07) is 4.99. The molecule has 1 amide bonds. The van der Waals surface area contributed by atoms with Crippen molar-refractivity contribution in [2.75, 3.05) is 0 Å². The lowest BCUT2D eigenvalue weighted by Crippen LogP contribution is -2.34. The van der Waals surface area contributed by atoms with Crippen LogP contribution in [0.5, 0.6) is 11.5 Å². The molecule has 13 heteroatoms. The fraction of sp³-hybridized carbons (Fsp3) is 0.364. The molecule has 2 aromatic rings. The number of hydrogen-bond donors (Lipinski definition) is 2. The summed E-state index contributed by atoms with van der Waals surface area (Å²) in [6.45, 7) is 4.72. The Morgan fingerprint density at radius 3 is 2.40 bits per heavy atom. The van der Waals surface area contributed by atoms with Gasteiger partial charge in [-0.2, -0.15) is 18.4 Å². The van der Waals surface area contributed by atoms with Crippen LogP contribution in [0.25, 0.3) is 0 Å². The van der Waals surface area contributed by atoms with Gasteiger partial charge in [0.1, 0.15) is 22.9 Å². The van der Waals surface area contributed by atoms with E-state index in [1.807, 2.05) is 0 Å². The van der Waals surface area contributed by atoms with Crippen LogP contribution in [0, 0.1) is 17.1 Å². The van der Waals surface area contributed by atoms with Crippen LogP contribution >= 0.6 is 0 Å². The average molecular weight is 516 g/mol. The summed E-state index contributed by atoms with van der Waals surface area (Å²) < 4.78 is 89.0. The normalized spacial score (nSPS) is 17.9. The molecule has 3 rings (SSSR count). The minimum Gasteiger partial charge on any atom is -0.457 e. The van der Waals surface area contributed by atoms with Crippen LogP contribution in [-0.4, -0.2) is 30.7 Å². The number of nitrogens with zero attached hydrogens (tertiary/aromatic N) is 1. The van der Waals surface area contributed by atoms with Crippen molar-refractivity contribution in [3.05, 3.63) is 52.8 Å². The van der Waals surface area contributed by atoms with E-state index in [4.69, 9.17) is 14.7 Å². The zero-order chi connectivity index (χ0) is 26.3. The van der Waals surface area contributed by atoms with Gasteiger partial charge in [-0.3, -0.25) is 0 Å². The van der Waals surface area contributed by atoms with Crippen molar-refractivity contribution >= 4 is 15.9 Å². The van der Waals surface area contributed by atoms with Crippen LogP contribution in [0.2, 0.25) is 0 Å². The Balaban J connectivity index is 2.17. The number of alkyl halides is 3. The number of benzene rings is 2. The topological polar surface area (TPSA) is 126 Å². The predicted octanol–water partition coefficient (Wildman–Crippen LogP) is 4.79. The number of rotatable bonds is 4. The van der Waals surface area contributed by atoms with E-state index in [2.05, 4.69) is 5.32 Å². The number of amides is 1. The highest BCUT2D eigenvalue weighted by atomic mass is 32.2. The lowest BCUT2D eigenvalue weighted by molar-refractivity contribution is -0.0437. The molecule has 0 radical (unpaired) electrons. The maximum absolute atomic E-state index is 13.9. The van der Waals surface area contributed by atoms with Gasteiger partial charge in [0.25, 0.3) is 9.84 Å². The molecular weight excluding hydrogens is 496 g/mol. The molecule has 0 heterocycles. The molecule has 1 aliphatic rings. The Morgan fingerprint density at radius 1 is 1.17 bits per heavy atom. The first-order valence-electron chi connectivity index (χ1n) is 10.1. The number of aliphatic hydroxyl groups excluding tert-OH is 1. The first-order chi connectivity index (χ1) is 16.0. The van der Waals surface area contributed by atoms with Gasteiger partial charge in [0.2, 0.25) is 0 Å². The Morgan fingerprint density at radius 2 is 1.83 bits per heavy atom. The zero-order valence-corrected chi connectivity index (χ0v) is 19.4. The number of carbonyl (C=O) groups is 1.